The van der Waals surface area contributed by atoms with Gasteiger partial charge in [0.15, 0.2) is 0 Å². The third-order valence-corrected chi connectivity index (χ3v) is 9.58. The Morgan fingerprint density at radius 2 is 1.27 bits per heavy atom. The van der Waals surface area contributed by atoms with Crippen LogP contribution in [0.2, 0.25) is 0 Å². The van der Waals surface area contributed by atoms with Gasteiger partial charge >= 0.3 is 5.97 Å². The van der Waals surface area contributed by atoms with E-state index in [9.17, 15) is 9.90 Å². The SMILES string of the molecule is CCCCCCCCCCCC1CCC(C2CCC(CC(O)CCCCCCCCCCC3=C[C@H](C)OC3=O)O2)O1. The van der Waals surface area contributed by atoms with Gasteiger partial charge in [0.2, 0.25) is 0 Å². The molecule has 0 amide bonds. The van der Waals surface area contributed by atoms with E-state index in [4.69, 9.17) is 14.2 Å². The van der Waals surface area contributed by atoms with Crippen molar-refractivity contribution in [2.24, 2.45) is 0 Å². The van der Waals surface area contributed by atoms with Crippen LogP contribution in [0.3, 0.4) is 0 Å². The van der Waals surface area contributed by atoms with Crippen LogP contribution in [0.5, 0.6) is 0 Å². The monoisotopic (exact) mass is 576 g/mol. The average Bonchev–Trinajstić information content (AvgIpc) is 3.69. The van der Waals surface area contributed by atoms with Crippen molar-refractivity contribution in [1.82, 2.24) is 0 Å². The van der Waals surface area contributed by atoms with Gasteiger partial charge in [0.25, 0.3) is 0 Å². The minimum atomic E-state index is -0.234. The summed E-state index contributed by atoms with van der Waals surface area (Å²) in [5, 5.41) is 10.6. The van der Waals surface area contributed by atoms with Crippen LogP contribution in [0.15, 0.2) is 11.6 Å². The Balaban J connectivity index is 1.10. The zero-order chi connectivity index (χ0) is 29.1. The molecule has 0 aromatic rings. The lowest BCUT2D eigenvalue weighted by Crippen LogP contribution is -2.28. The number of aliphatic hydroxyl groups is 1. The number of hydrogen-bond acceptors (Lipinski definition) is 5. The predicted molar refractivity (Wildman–Crippen MR) is 168 cm³/mol. The van der Waals surface area contributed by atoms with E-state index < -0.39 is 0 Å². The van der Waals surface area contributed by atoms with Gasteiger partial charge in [-0.25, -0.2) is 4.79 Å². The summed E-state index contributed by atoms with van der Waals surface area (Å²) in [7, 11) is 0. The highest BCUT2D eigenvalue weighted by Crippen LogP contribution is 2.34. The molecule has 3 heterocycles. The Kier molecular flexibility index (Phi) is 17.6. The summed E-state index contributed by atoms with van der Waals surface area (Å²) in [5.41, 5.74) is 0.870. The molecule has 238 valence electrons. The normalized spacial score (nSPS) is 27.0. The van der Waals surface area contributed by atoms with Crippen LogP contribution >= 0.6 is 0 Å². The molecular formula is C36H64O5. The van der Waals surface area contributed by atoms with Gasteiger partial charge in [-0.05, 0) is 70.8 Å². The fourth-order valence-electron chi connectivity index (χ4n) is 7.08. The Morgan fingerprint density at radius 1 is 0.732 bits per heavy atom. The molecular weight excluding hydrogens is 512 g/mol. The van der Waals surface area contributed by atoms with E-state index in [0.29, 0.717) is 6.10 Å². The fourth-order valence-corrected chi connectivity index (χ4v) is 7.08. The minimum absolute atomic E-state index is 0.0443. The van der Waals surface area contributed by atoms with Gasteiger partial charge in [-0.15, -0.1) is 0 Å². The van der Waals surface area contributed by atoms with Crippen molar-refractivity contribution in [3.63, 3.8) is 0 Å². The molecule has 6 atom stereocenters. The quantitative estimate of drug-likeness (QED) is 0.0915. The summed E-state index contributed by atoms with van der Waals surface area (Å²) < 4.78 is 18.0. The summed E-state index contributed by atoms with van der Waals surface area (Å²) in [4.78, 5) is 11.6. The van der Waals surface area contributed by atoms with E-state index in [1.54, 1.807) is 0 Å². The number of unbranched alkanes of at least 4 members (excludes halogenated alkanes) is 15. The second-order valence-electron chi connectivity index (χ2n) is 13.4. The van der Waals surface area contributed by atoms with Crippen LogP contribution in [-0.2, 0) is 19.0 Å². The third-order valence-electron chi connectivity index (χ3n) is 9.58. The number of cyclic esters (lactones) is 1. The molecule has 0 aromatic carbocycles. The van der Waals surface area contributed by atoms with Crippen molar-refractivity contribution < 1.29 is 24.1 Å². The molecule has 5 heteroatoms. The topological polar surface area (TPSA) is 65.0 Å². The molecule has 0 spiro atoms. The van der Waals surface area contributed by atoms with E-state index in [-0.39, 0.29) is 36.5 Å². The van der Waals surface area contributed by atoms with Crippen molar-refractivity contribution in [2.45, 2.75) is 211 Å². The summed E-state index contributed by atoms with van der Waals surface area (Å²) in [6.07, 6.45) is 33.2. The largest absolute Gasteiger partial charge is 0.455 e. The van der Waals surface area contributed by atoms with Crippen molar-refractivity contribution in [3.8, 4) is 0 Å². The second-order valence-corrected chi connectivity index (χ2v) is 13.4. The molecule has 0 aliphatic carbocycles. The first-order chi connectivity index (χ1) is 20.0. The second kappa shape index (κ2) is 20.9. The molecule has 5 unspecified atom stereocenters. The Hall–Kier alpha value is -0.910. The van der Waals surface area contributed by atoms with E-state index >= 15 is 0 Å². The van der Waals surface area contributed by atoms with Gasteiger partial charge in [-0.1, -0.05) is 110 Å². The summed E-state index contributed by atoms with van der Waals surface area (Å²) in [5.74, 6) is -0.116. The van der Waals surface area contributed by atoms with Gasteiger partial charge in [-0.3, -0.25) is 0 Å². The smallest absolute Gasteiger partial charge is 0.334 e. The van der Waals surface area contributed by atoms with Crippen molar-refractivity contribution in [1.29, 1.82) is 0 Å². The molecule has 2 fully saturated rings. The van der Waals surface area contributed by atoms with Crippen LogP contribution in [0, 0.1) is 0 Å². The maximum Gasteiger partial charge on any atom is 0.334 e. The molecule has 3 rings (SSSR count). The summed E-state index contributed by atoms with van der Waals surface area (Å²) in [6, 6.07) is 0. The summed E-state index contributed by atoms with van der Waals surface area (Å²) in [6.45, 7) is 4.20. The molecule has 3 aliphatic rings. The van der Waals surface area contributed by atoms with Crippen LogP contribution in [-0.4, -0.2) is 47.7 Å². The van der Waals surface area contributed by atoms with E-state index in [1.807, 2.05) is 13.0 Å². The highest BCUT2D eigenvalue weighted by atomic mass is 16.6. The van der Waals surface area contributed by atoms with Crippen LogP contribution in [0.25, 0.3) is 0 Å². The Bertz CT molecular complexity index is 721. The lowest BCUT2D eigenvalue weighted by atomic mass is 10.0. The molecule has 5 nitrogen and oxygen atoms in total. The van der Waals surface area contributed by atoms with Crippen molar-refractivity contribution in [3.05, 3.63) is 11.6 Å². The van der Waals surface area contributed by atoms with Gasteiger partial charge in [-0.2, -0.15) is 0 Å². The standard InChI is InChI=1S/C36H64O5/c1-3-4-5-6-7-8-13-16-19-22-32-23-25-34(40-32)35-26-24-33(41-35)28-31(37)21-18-15-12-10-9-11-14-17-20-30-27-29(2)39-36(30)38/h27,29,31-35,37H,3-26,28H2,1-2H3/t29-,31?,32?,33?,34?,35?/m0/s1. The third kappa shape index (κ3) is 14.4. The Morgan fingerprint density at radius 3 is 1.88 bits per heavy atom. The Labute approximate surface area is 252 Å². The fraction of sp³-hybridized carbons (Fsp3) is 0.917. The molecule has 3 aliphatic heterocycles. The molecule has 2 saturated heterocycles. The van der Waals surface area contributed by atoms with Crippen LogP contribution in [0.1, 0.15) is 174 Å². The number of carbonyl (C=O) groups is 1. The zero-order valence-corrected chi connectivity index (χ0v) is 26.8. The molecule has 1 N–H and O–H groups in total. The van der Waals surface area contributed by atoms with Crippen LogP contribution in [0.4, 0.5) is 0 Å². The molecule has 0 radical (unpaired) electrons. The van der Waals surface area contributed by atoms with Gasteiger partial charge in [0.05, 0.1) is 30.5 Å². The number of aliphatic hydroxyl groups excluding tert-OH is 1. The van der Waals surface area contributed by atoms with Gasteiger partial charge in [0, 0.05) is 5.57 Å². The highest BCUT2D eigenvalue weighted by Gasteiger charge is 2.37. The maximum absolute atomic E-state index is 11.6. The number of ether oxygens (including phenoxy) is 3. The first-order valence-corrected chi connectivity index (χ1v) is 18.0. The van der Waals surface area contributed by atoms with E-state index in [0.717, 1.165) is 56.9 Å². The lowest BCUT2D eigenvalue weighted by molar-refractivity contribution is -0.139. The number of esters is 1. The first-order valence-electron chi connectivity index (χ1n) is 18.0. The van der Waals surface area contributed by atoms with Crippen molar-refractivity contribution in [2.75, 3.05) is 0 Å². The summed E-state index contributed by atoms with van der Waals surface area (Å²) >= 11 is 0. The molecule has 0 aromatic heterocycles. The zero-order valence-electron chi connectivity index (χ0n) is 26.8. The predicted octanol–water partition coefficient (Wildman–Crippen LogP) is 9.53. The van der Waals surface area contributed by atoms with Crippen molar-refractivity contribution >= 4 is 5.97 Å². The highest BCUT2D eigenvalue weighted by molar-refractivity contribution is 5.90. The van der Waals surface area contributed by atoms with Crippen LogP contribution < -0.4 is 0 Å². The van der Waals surface area contributed by atoms with E-state index in [2.05, 4.69) is 6.92 Å². The van der Waals surface area contributed by atoms with Gasteiger partial charge < -0.3 is 19.3 Å². The number of hydrogen-bond donors (Lipinski definition) is 1. The number of carbonyl (C=O) groups excluding carboxylic acids is 1. The number of rotatable bonds is 24. The molecule has 41 heavy (non-hydrogen) atoms. The average molecular weight is 577 g/mol. The first kappa shape index (κ1) is 34.6. The minimum Gasteiger partial charge on any atom is -0.455 e. The van der Waals surface area contributed by atoms with E-state index in [1.165, 1.54) is 109 Å². The van der Waals surface area contributed by atoms with Gasteiger partial charge in [0.1, 0.15) is 6.10 Å². The molecule has 0 bridgehead atoms. The lowest BCUT2D eigenvalue weighted by Gasteiger charge is -2.22. The molecule has 0 saturated carbocycles. The maximum atomic E-state index is 11.6.